The first-order valence-corrected chi connectivity index (χ1v) is 11.2. The minimum atomic E-state index is -0.0954. The van der Waals surface area contributed by atoms with E-state index in [1.54, 1.807) is 19.2 Å². The largest absolute Gasteiger partial charge is 0.381 e. The van der Waals surface area contributed by atoms with Gasteiger partial charge in [0, 0.05) is 38.7 Å². The molecule has 0 saturated carbocycles. The molecule has 1 fully saturated rings. The number of methoxy groups -OCH3 is 1. The highest BCUT2D eigenvalue weighted by Crippen LogP contribution is 2.32. The van der Waals surface area contributed by atoms with Gasteiger partial charge in [-0.25, -0.2) is 4.98 Å². The van der Waals surface area contributed by atoms with Gasteiger partial charge >= 0.3 is 0 Å². The SMILES string of the molecule is COC1CCN(C(=O)c2ccc(Cl)c(Cc3nc4c(C)cc(C#N)cc4n3C)c2Cl)CC1. The highest BCUT2D eigenvalue weighted by Gasteiger charge is 2.26. The number of likely N-dealkylation sites (tertiary alicyclic amines) is 1. The van der Waals surface area contributed by atoms with E-state index in [1.165, 1.54) is 0 Å². The number of rotatable bonds is 4. The molecule has 8 heteroatoms. The first-order valence-electron chi connectivity index (χ1n) is 10.5. The van der Waals surface area contributed by atoms with Crippen LogP contribution < -0.4 is 0 Å². The summed E-state index contributed by atoms with van der Waals surface area (Å²) in [6.45, 7) is 3.21. The molecule has 3 aromatic rings. The Morgan fingerprint density at radius 1 is 1.28 bits per heavy atom. The van der Waals surface area contributed by atoms with E-state index in [0.717, 1.165) is 35.3 Å². The Balaban J connectivity index is 1.67. The summed E-state index contributed by atoms with van der Waals surface area (Å²) in [5, 5.41) is 10.1. The highest BCUT2D eigenvalue weighted by atomic mass is 35.5. The maximum atomic E-state index is 13.2. The summed E-state index contributed by atoms with van der Waals surface area (Å²) < 4.78 is 7.34. The summed E-state index contributed by atoms with van der Waals surface area (Å²) in [6.07, 6.45) is 2.18. The molecule has 1 aliphatic heterocycles. The molecular formula is C24H24Cl2N4O2. The fourth-order valence-corrected chi connectivity index (χ4v) is 4.86. The Kier molecular flexibility index (Phi) is 6.43. The van der Waals surface area contributed by atoms with Crippen molar-refractivity contribution in [2.45, 2.75) is 32.3 Å². The molecule has 0 spiro atoms. The molecule has 0 atom stereocenters. The first-order chi connectivity index (χ1) is 15.3. The number of carbonyl (C=O) groups excluding carboxylic acids is 1. The number of imidazole rings is 1. The third kappa shape index (κ3) is 4.09. The minimum Gasteiger partial charge on any atom is -0.381 e. The molecule has 0 radical (unpaired) electrons. The fourth-order valence-electron chi connectivity index (χ4n) is 4.28. The van der Waals surface area contributed by atoms with Crippen LogP contribution in [-0.2, 0) is 18.2 Å². The standard InChI is InChI=1S/C24H24Cl2N4O2/c1-14-10-15(13-27)11-20-23(14)28-21(29(20)2)12-18-19(25)5-4-17(22(18)26)24(31)30-8-6-16(32-3)7-9-30/h4-5,10-11,16H,6-9,12H2,1-3H3. The molecule has 0 unspecified atom stereocenters. The van der Waals surface area contributed by atoms with Gasteiger partial charge in [-0.2, -0.15) is 5.26 Å². The monoisotopic (exact) mass is 470 g/mol. The maximum Gasteiger partial charge on any atom is 0.255 e. The van der Waals surface area contributed by atoms with Crippen LogP contribution in [-0.4, -0.2) is 46.7 Å². The Morgan fingerprint density at radius 2 is 2.00 bits per heavy atom. The number of piperidine rings is 1. The third-order valence-corrected chi connectivity index (χ3v) is 7.00. The van der Waals surface area contributed by atoms with Gasteiger partial charge in [0.2, 0.25) is 0 Å². The summed E-state index contributed by atoms with van der Waals surface area (Å²) >= 11 is 13.2. The molecule has 2 heterocycles. The number of amides is 1. The van der Waals surface area contributed by atoms with Crippen LogP contribution in [0.4, 0.5) is 0 Å². The number of hydrogen-bond acceptors (Lipinski definition) is 4. The number of aryl methyl sites for hydroxylation is 2. The maximum absolute atomic E-state index is 13.2. The average Bonchev–Trinajstić information content (AvgIpc) is 3.12. The van der Waals surface area contributed by atoms with Crippen molar-refractivity contribution in [3.63, 3.8) is 0 Å². The van der Waals surface area contributed by atoms with Gasteiger partial charge in [0.1, 0.15) is 5.82 Å². The molecule has 0 N–H and O–H groups in total. The lowest BCUT2D eigenvalue weighted by Crippen LogP contribution is -2.40. The van der Waals surface area contributed by atoms with Gasteiger partial charge in [-0.3, -0.25) is 4.79 Å². The molecule has 6 nitrogen and oxygen atoms in total. The minimum absolute atomic E-state index is 0.0954. The van der Waals surface area contributed by atoms with Crippen molar-refractivity contribution in [1.82, 2.24) is 14.5 Å². The number of nitrogens with zero attached hydrogens (tertiary/aromatic N) is 4. The van der Waals surface area contributed by atoms with Crippen LogP contribution in [0.25, 0.3) is 11.0 Å². The van der Waals surface area contributed by atoms with Crippen molar-refractivity contribution >= 4 is 40.1 Å². The predicted molar refractivity (Wildman–Crippen MR) is 125 cm³/mol. The van der Waals surface area contributed by atoms with E-state index in [0.29, 0.717) is 46.2 Å². The molecule has 1 amide bonds. The van der Waals surface area contributed by atoms with Crippen molar-refractivity contribution in [1.29, 1.82) is 5.26 Å². The summed E-state index contributed by atoms with van der Waals surface area (Å²) in [4.78, 5) is 19.8. The van der Waals surface area contributed by atoms with Gasteiger partial charge in [-0.05, 0) is 55.2 Å². The number of carbonyl (C=O) groups is 1. The van der Waals surface area contributed by atoms with Gasteiger partial charge < -0.3 is 14.2 Å². The van der Waals surface area contributed by atoms with Crippen LogP contribution >= 0.6 is 23.2 Å². The van der Waals surface area contributed by atoms with Crippen LogP contribution in [0.2, 0.25) is 10.0 Å². The third-order valence-electron chi connectivity index (χ3n) is 6.21. The zero-order chi connectivity index (χ0) is 23.0. The number of halogens is 2. The van der Waals surface area contributed by atoms with E-state index in [9.17, 15) is 10.1 Å². The zero-order valence-corrected chi connectivity index (χ0v) is 19.8. The van der Waals surface area contributed by atoms with Gasteiger partial charge in [-0.15, -0.1) is 0 Å². The van der Waals surface area contributed by atoms with Crippen molar-refractivity contribution < 1.29 is 9.53 Å². The lowest BCUT2D eigenvalue weighted by molar-refractivity contribution is 0.0351. The smallest absolute Gasteiger partial charge is 0.255 e. The molecule has 0 aliphatic carbocycles. The van der Waals surface area contributed by atoms with E-state index >= 15 is 0 Å². The fraction of sp³-hybridized carbons (Fsp3) is 0.375. The van der Waals surface area contributed by atoms with Crippen LogP contribution in [0.5, 0.6) is 0 Å². The average molecular weight is 471 g/mol. The van der Waals surface area contributed by atoms with E-state index in [1.807, 2.05) is 35.6 Å². The Hall–Kier alpha value is -2.59. The first kappa shape index (κ1) is 22.6. The summed E-state index contributed by atoms with van der Waals surface area (Å²) in [5.74, 6) is 0.662. The summed E-state index contributed by atoms with van der Waals surface area (Å²) in [6, 6.07) is 9.25. The zero-order valence-electron chi connectivity index (χ0n) is 18.3. The lowest BCUT2D eigenvalue weighted by atomic mass is 10.0. The van der Waals surface area contributed by atoms with E-state index in [4.69, 9.17) is 32.9 Å². The number of aromatic nitrogens is 2. The van der Waals surface area contributed by atoms with E-state index in [-0.39, 0.29) is 12.0 Å². The van der Waals surface area contributed by atoms with Crippen molar-refractivity contribution in [3.05, 3.63) is 62.4 Å². The molecule has 1 saturated heterocycles. The van der Waals surface area contributed by atoms with Gasteiger partial charge in [0.15, 0.2) is 0 Å². The van der Waals surface area contributed by atoms with Crippen molar-refractivity contribution in [3.8, 4) is 6.07 Å². The summed E-state index contributed by atoms with van der Waals surface area (Å²) in [5.41, 5.74) is 4.34. The Morgan fingerprint density at radius 3 is 2.66 bits per heavy atom. The number of fused-ring (bicyclic) bond motifs is 1. The number of ether oxygens (including phenoxy) is 1. The molecule has 2 aromatic carbocycles. The second-order valence-electron chi connectivity index (χ2n) is 8.15. The number of nitriles is 1. The van der Waals surface area contributed by atoms with Crippen LogP contribution in [0.1, 0.15) is 45.7 Å². The van der Waals surface area contributed by atoms with Gasteiger partial charge in [0.05, 0.1) is 39.4 Å². The highest BCUT2D eigenvalue weighted by molar-refractivity contribution is 6.38. The topological polar surface area (TPSA) is 71.2 Å². The second kappa shape index (κ2) is 9.11. The molecular weight excluding hydrogens is 447 g/mol. The molecule has 0 bridgehead atoms. The second-order valence-corrected chi connectivity index (χ2v) is 8.94. The van der Waals surface area contributed by atoms with Gasteiger partial charge in [0.25, 0.3) is 5.91 Å². The molecule has 4 rings (SSSR count). The molecule has 166 valence electrons. The predicted octanol–water partition coefficient (Wildman–Crippen LogP) is 4.90. The lowest BCUT2D eigenvalue weighted by Gasteiger charge is -2.31. The quantitative estimate of drug-likeness (QED) is 0.543. The van der Waals surface area contributed by atoms with Crippen molar-refractivity contribution in [2.24, 2.45) is 7.05 Å². The Labute approximate surface area is 197 Å². The summed E-state index contributed by atoms with van der Waals surface area (Å²) in [7, 11) is 3.61. The van der Waals surface area contributed by atoms with E-state index in [2.05, 4.69) is 6.07 Å². The number of hydrogen-bond donors (Lipinski definition) is 0. The molecule has 1 aliphatic rings. The normalized spacial score (nSPS) is 14.7. The van der Waals surface area contributed by atoms with Crippen LogP contribution in [0, 0.1) is 18.3 Å². The van der Waals surface area contributed by atoms with Crippen molar-refractivity contribution in [2.75, 3.05) is 20.2 Å². The Bertz CT molecular complexity index is 1240. The van der Waals surface area contributed by atoms with Crippen LogP contribution in [0.3, 0.4) is 0 Å². The van der Waals surface area contributed by atoms with Gasteiger partial charge in [-0.1, -0.05) is 23.2 Å². The van der Waals surface area contributed by atoms with Crippen LogP contribution in [0.15, 0.2) is 24.3 Å². The molecule has 1 aromatic heterocycles. The number of benzene rings is 2. The molecule has 32 heavy (non-hydrogen) atoms. The van der Waals surface area contributed by atoms with E-state index < -0.39 is 0 Å².